The molecule has 0 amide bonds. The first-order valence-corrected chi connectivity index (χ1v) is 7.52. The van der Waals surface area contributed by atoms with Gasteiger partial charge in [0.1, 0.15) is 0 Å². The molecule has 1 aromatic carbocycles. The summed E-state index contributed by atoms with van der Waals surface area (Å²) >= 11 is 3.56. The van der Waals surface area contributed by atoms with E-state index in [1.54, 1.807) is 6.92 Å². The van der Waals surface area contributed by atoms with Crippen molar-refractivity contribution in [1.29, 1.82) is 0 Å². The zero-order chi connectivity index (χ0) is 13.3. The van der Waals surface area contributed by atoms with Crippen LogP contribution in [0.3, 0.4) is 0 Å². The number of aliphatic hydroxyl groups excluding tert-OH is 1. The average molecular weight is 312 g/mol. The maximum Gasteiger partial charge on any atom is 0.0772 e. The fourth-order valence-corrected chi connectivity index (χ4v) is 3.38. The molecule has 0 aliphatic carbocycles. The van der Waals surface area contributed by atoms with Crippen molar-refractivity contribution in [2.45, 2.75) is 45.8 Å². The van der Waals surface area contributed by atoms with Crippen molar-refractivity contribution in [1.82, 2.24) is 0 Å². The number of hydrogen-bond donors (Lipinski definition) is 1. The number of aliphatic hydroxyl groups is 1. The minimum Gasteiger partial charge on any atom is -0.389 e. The Morgan fingerprint density at radius 3 is 2.67 bits per heavy atom. The van der Waals surface area contributed by atoms with Crippen LogP contribution in [0, 0.1) is 5.92 Å². The normalized spacial score (nSPS) is 26.2. The third-order valence-electron chi connectivity index (χ3n) is 3.88. The molecule has 0 saturated carbocycles. The third-order valence-corrected chi connectivity index (χ3v) is 4.57. The van der Waals surface area contributed by atoms with E-state index in [1.807, 2.05) is 6.07 Å². The summed E-state index contributed by atoms with van der Waals surface area (Å²) in [5.41, 5.74) is 2.21. The van der Waals surface area contributed by atoms with Gasteiger partial charge in [-0.25, -0.2) is 0 Å². The molecule has 3 atom stereocenters. The number of benzene rings is 1. The van der Waals surface area contributed by atoms with Crippen LogP contribution in [0.5, 0.6) is 0 Å². The van der Waals surface area contributed by atoms with Crippen molar-refractivity contribution in [3.05, 3.63) is 28.2 Å². The van der Waals surface area contributed by atoms with Crippen LogP contribution >= 0.6 is 15.9 Å². The Labute approximate surface area is 118 Å². The molecule has 1 aliphatic heterocycles. The van der Waals surface area contributed by atoms with Gasteiger partial charge in [-0.1, -0.05) is 28.9 Å². The molecule has 0 bridgehead atoms. The van der Waals surface area contributed by atoms with Crippen LogP contribution < -0.4 is 4.90 Å². The summed E-state index contributed by atoms with van der Waals surface area (Å²) in [4.78, 5) is 2.48. The van der Waals surface area contributed by atoms with Crippen molar-refractivity contribution in [3.8, 4) is 0 Å². The smallest absolute Gasteiger partial charge is 0.0772 e. The average Bonchev–Trinajstić information content (AvgIpc) is 2.31. The Morgan fingerprint density at radius 1 is 1.33 bits per heavy atom. The summed E-state index contributed by atoms with van der Waals surface area (Å²) in [7, 11) is 0. The topological polar surface area (TPSA) is 23.5 Å². The van der Waals surface area contributed by atoms with Crippen molar-refractivity contribution >= 4 is 21.6 Å². The first-order chi connectivity index (χ1) is 8.49. The minimum atomic E-state index is -0.425. The molecule has 1 fully saturated rings. The molecule has 0 spiro atoms. The van der Waals surface area contributed by atoms with Crippen molar-refractivity contribution in [2.75, 3.05) is 11.4 Å². The minimum absolute atomic E-state index is 0.425. The molecule has 100 valence electrons. The Hall–Kier alpha value is -0.540. The van der Waals surface area contributed by atoms with Crippen LogP contribution in [0.4, 0.5) is 5.69 Å². The summed E-state index contributed by atoms with van der Waals surface area (Å²) < 4.78 is 1.00. The molecule has 1 aliphatic rings. The van der Waals surface area contributed by atoms with Gasteiger partial charge in [0.05, 0.1) is 6.10 Å². The molecule has 1 heterocycles. The van der Waals surface area contributed by atoms with Crippen LogP contribution in [-0.4, -0.2) is 17.7 Å². The van der Waals surface area contributed by atoms with Gasteiger partial charge in [-0.15, -0.1) is 0 Å². The maximum atomic E-state index is 9.66. The van der Waals surface area contributed by atoms with E-state index >= 15 is 0 Å². The molecule has 0 radical (unpaired) electrons. The number of hydrogen-bond acceptors (Lipinski definition) is 2. The van der Waals surface area contributed by atoms with E-state index in [0.717, 1.165) is 22.5 Å². The molecule has 0 aromatic heterocycles. The van der Waals surface area contributed by atoms with E-state index in [2.05, 4.69) is 46.8 Å². The molecular formula is C15H22BrNO. The lowest BCUT2D eigenvalue weighted by molar-refractivity contribution is 0.198. The second-order valence-electron chi connectivity index (χ2n) is 5.57. The van der Waals surface area contributed by atoms with Gasteiger partial charge in [-0.2, -0.15) is 0 Å². The standard InChI is InChI=1S/C15H22BrNO/c1-10-4-5-11(2)17(9-10)13-6-7-14(12(3)18)15(16)8-13/h6-8,10-12,18H,4-5,9H2,1-3H3. The molecule has 3 unspecified atom stereocenters. The van der Waals surface area contributed by atoms with E-state index in [9.17, 15) is 5.11 Å². The number of halogens is 1. The Bertz CT molecular complexity index is 419. The maximum absolute atomic E-state index is 9.66. The highest BCUT2D eigenvalue weighted by Crippen LogP contribution is 2.32. The second-order valence-corrected chi connectivity index (χ2v) is 6.42. The summed E-state index contributed by atoms with van der Waals surface area (Å²) in [5, 5.41) is 9.66. The third kappa shape index (κ3) is 2.89. The Morgan fingerprint density at radius 2 is 2.06 bits per heavy atom. The highest BCUT2D eigenvalue weighted by molar-refractivity contribution is 9.10. The van der Waals surface area contributed by atoms with Gasteiger partial charge in [0.25, 0.3) is 0 Å². The van der Waals surface area contributed by atoms with Crippen LogP contribution in [0.15, 0.2) is 22.7 Å². The van der Waals surface area contributed by atoms with Crippen LogP contribution in [0.25, 0.3) is 0 Å². The second kappa shape index (κ2) is 5.62. The summed E-state index contributed by atoms with van der Waals surface area (Å²) in [5.74, 6) is 0.761. The molecule has 2 nitrogen and oxygen atoms in total. The van der Waals surface area contributed by atoms with Gasteiger partial charge in [0, 0.05) is 22.7 Å². The van der Waals surface area contributed by atoms with Crippen LogP contribution in [0.2, 0.25) is 0 Å². The van der Waals surface area contributed by atoms with E-state index in [0.29, 0.717) is 6.04 Å². The fraction of sp³-hybridized carbons (Fsp3) is 0.600. The van der Waals surface area contributed by atoms with Gasteiger partial charge < -0.3 is 10.0 Å². The van der Waals surface area contributed by atoms with Crippen LogP contribution in [-0.2, 0) is 0 Å². The van der Waals surface area contributed by atoms with E-state index in [4.69, 9.17) is 0 Å². The monoisotopic (exact) mass is 311 g/mol. The number of anilines is 1. The lowest BCUT2D eigenvalue weighted by atomic mass is 9.94. The largest absolute Gasteiger partial charge is 0.389 e. The van der Waals surface area contributed by atoms with E-state index in [-0.39, 0.29) is 0 Å². The van der Waals surface area contributed by atoms with E-state index in [1.165, 1.54) is 18.5 Å². The molecule has 18 heavy (non-hydrogen) atoms. The van der Waals surface area contributed by atoms with Gasteiger partial charge in [0.2, 0.25) is 0 Å². The number of rotatable bonds is 2. The van der Waals surface area contributed by atoms with Crippen LogP contribution in [0.1, 0.15) is 45.3 Å². The van der Waals surface area contributed by atoms with Crippen molar-refractivity contribution in [3.63, 3.8) is 0 Å². The predicted molar refractivity (Wildman–Crippen MR) is 80.0 cm³/mol. The summed E-state index contributed by atoms with van der Waals surface area (Å²) in [6, 6.07) is 6.89. The molecule has 3 heteroatoms. The van der Waals surface area contributed by atoms with Gasteiger partial charge in [0.15, 0.2) is 0 Å². The zero-order valence-corrected chi connectivity index (χ0v) is 12.9. The molecule has 2 rings (SSSR count). The fourth-order valence-electron chi connectivity index (χ4n) is 2.68. The Balaban J connectivity index is 2.25. The van der Waals surface area contributed by atoms with Crippen molar-refractivity contribution < 1.29 is 5.11 Å². The highest BCUT2D eigenvalue weighted by atomic mass is 79.9. The lowest BCUT2D eigenvalue weighted by Gasteiger charge is -2.38. The van der Waals surface area contributed by atoms with E-state index < -0.39 is 6.10 Å². The van der Waals surface area contributed by atoms with Gasteiger partial charge in [-0.05, 0) is 50.3 Å². The lowest BCUT2D eigenvalue weighted by Crippen LogP contribution is -2.41. The van der Waals surface area contributed by atoms with Gasteiger partial charge in [-0.3, -0.25) is 0 Å². The van der Waals surface area contributed by atoms with Crippen molar-refractivity contribution in [2.24, 2.45) is 5.92 Å². The summed E-state index contributed by atoms with van der Waals surface area (Å²) in [6.45, 7) is 7.54. The number of piperidine rings is 1. The first kappa shape index (κ1) is 13.9. The highest BCUT2D eigenvalue weighted by Gasteiger charge is 2.23. The van der Waals surface area contributed by atoms with Gasteiger partial charge >= 0.3 is 0 Å². The quantitative estimate of drug-likeness (QED) is 0.887. The summed E-state index contributed by atoms with van der Waals surface area (Å²) in [6.07, 6.45) is 2.16. The Kier molecular flexibility index (Phi) is 4.33. The molecule has 1 aromatic rings. The molecule has 1 saturated heterocycles. The SMILES string of the molecule is CC1CCC(C)N(c2ccc(C(C)O)c(Br)c2)C1. The number of nitrogens with zero attached hydrogens (tertiary/aromatic N) is 1. The first-order valence-electron chi connectivity index (χ1n) is 6.73. The zero-order valence-electron chi connectivity index (χ0n) is 11.4. The molecular weight excluding hydrogens is 290 g/mol. The molecule has 1 N–H and O–H groups in total. The predicted octanol–water partition coefficient (Wildman–Crippen LogP) is 4.13.